The SMILES string of the molecule is N=C(N)Nc1cccc(Oc2nc(Oc3cc(C(=N)N)ccc3O)c(F)c(Oc3cc(C(N)=O)cc(C(=O)O)c3)c2F)c1. The Morgan fingerprint density at radius 2 is 1.49 bits per heavy atom. The van der Waals surface area contributed by atoms with Crippen LogP contribution in [0.15, 0.2) is 60.7 Å². The summed E-state index contributed by atoms with van der Waals surface area (Å²) in [6, 6.07) is 11.9. The topological polar surface area (TPSA) is 253 Å². The van der Waals surface area contributed by atoms with E-state index in [1.54, 1.807) is 0 Å². The molecule has 4 rings (SSSR count). The van der Waals surface area contributed by atoms with Gasteiger partial charge in [0.1, 0.15) is 17.3 Å². The molecule has 0 bridgehead atoms. The van der Waals surface area contributed by atoms with E-state index >= 15 is 8.78 Å². The first-order chi connectivity index (χ1) is 20.3. The molecule has 4 aromatic rings. The van der Waals surface area contributed by atoms with Crippen molar-refractivity contribution in [2.75, 3.05) is 5.32 Å². The Morgan fingerprint density at radius 1 is 0.814 bits per heavy atom. The molecular weight excluding hydrogens is 572 g/mol. The normalized spacial score (nSPS) is 10.5. The second kappa shape index (κ2) is 12.0. The summed E-state index contributed by atoms with van der Waals surface area (Å²) in [5.74, 6) is -11.0. The first-order valence-electron chi connectivity index (χ1n) is 11.8. The number of carbonyl (C=O) groups excluding carboxylic acids is 1. The van der Waals surface area contributed by atoms with Crippen molar-refractivity contribution < 1.29 is 42.8 Å². The highest BCUT2D eigenvalue weighted by molar-refractivity contribution is 5.97. The Morgan fingerprint density at radius 3 is 2.12 bits per heavy atom. The summed E-state index contributed by atoms with van der Waals surface area (Å²) < 4.78 is 47.7. The molecule has 0 unspecified atom stereocenters. The molecule has 14 nitrogen and oxygen atoms in total. The van der Waals surface area contributed by atoms with Gasteiger partial charge < -0.3 is 46.9 Å². The van der Waals surface area contributed by atoms with Gasteiger partial charge >= 0.3 is 5.97 Å². The first-order valence-corrected chi connectivity index (χ1v) is 11.8. The first kappa shape index (κ1) is 29.5. The number of aromatic carboxylic acids is 1. The van der Waals surface area contributed by atoms with Crippen molar-refractivity contribution in [1.29, 1.82) is 10.8 Å². The second-order valence-electron chi connectivity index (χ2n) is 8.56. The molecule has 220 valence electrons. The zero-order valence-corrected chi connectivity index (χ0v) is 21.6. The number of amidine groups is 1. The minimum Gasteiger partial charge on any atom is -0.504 e. The molecule has 0 spiro atoms. The summed E-state index contributed by atoms with van der Waals surface area (Å²) in [6.45, 7) is 0. The number of amides is 1. The van der Waals surface area contributed by atoms with Crippen LogP contribution in [0.1, 0.15) is 26.3 Å². The monoisotopic (exact) mass is 593 g/mol. The van der Waals surface area contributed by atoms with E-state index in [1.807, 2.05) is 0 Å². The lowest BCUT2D eigenvalue weighted by Gasteiger charge is -2.16. The number of rotatable bonds is 10. The third kappa shape index (κ3) is 6.83. The maximum absolute atomic E-state index is 15.7. The van der Waals surface area contributed by atoms with Crippen molar-refractivity contribution in [2.24, 2.45) is 17.2 Å². The molecule has 43 heavy (non-hydrogen) atoms. The molecule has 1 aromatic heterocycles. The van der Waals surface area contributed by atoms with Crippen LogP contribution in [0, 0.1) is 22.5 Å². The smallest absolute Gasteiger partial charge is 0.335 e. The highest BCUT2D eigenvalue weighted by atomic mass is 19.1. The number of aromatic nitrogens is 1. The van der Waals surface area contributed by atoms with Gasteiger partial charge in [-0.25, -0.2) is 4.79 Å². The molecule has 11 N–H and O–H groups in total. The maximum Gasteiger partial charge on any atom is 0.335 e. The summed E-state index contributed by atoms with van der Waals surface area (Å²) in [5, 5.41) is 37.1. The minimum absolute atomic E-state index is 0.0635. The Balaban J connectivity index is 1.86. The molecule has 0 aliphatic carbocycles. The van der Waals surface area contributed by atoms with Crippen LogP contribution in [0.4, 0.5) is 14.5 Å². The van der Waals surface area contributed by atoms with Gasteiger partial charge in [-0.3, -0.25) is 15.6 Å². The number of hydrogen-bond acceptors (Lipinski definition) is 9. The fourth-order valence-corrected chi connectivity index (χ4v) is 3.52. The van der Waals surface area contributed by atoms with Crippen LogP contribution in [0.5, 0.6) is 40.5 Å². The number of benzene rings is 3. The van der Waals surface area contributed by atoms with E-state index in [4.69, 9.17) is 42.2 Å². The van der Waals surface area contributed by atoms with Gasteiger partial charge in [0.05, 0.1) is 5.56 Å². The van der Waals surface area contributed by atoms with Crippen LogP contribution in [-0.4, -0.2) is 38.9 Å². The van der Waals surface area contributed by atoms with Crippen LogP contribution in [0.25, 0.3) is 0 Å². The van der Waals surface area contributed by atoms with Crippen LogP contribution in [0.3, 0.4) is 0 Å². The highest BCUT2D eigenvalue weighted by Gasteiger charge is 2.27. The number of nitrogens with one attached hydrogen (secondary N) is 3. The molecule has 0 saturated carbocycles. The van der Waals surface area contributed by atoms with Crippen molar-refractivity contribution in [3.63, 3.8) is 0 Å². The van der Waals surface area contributed by atoms with Crippen LogP contribution in [0.2, 0.25) is 0 Å². The molecule has 0 fully saturated rings. The maximum atomic E-state index is 15.7. The highest BCUT2D eigenvalue weighted by Crippen LogP contribution is 2.41. The molecule has 1 heterocycles. The number of nitrogens with zero attached hydrogens (tertiary/aromatic N) is 1. The number of halogens is 2. The van der Waals surface area contributed by atoms with Gasteiger partial charge in [0, 0.05) is 22.9 Å². The second-order valence-corrected chi connectivity index (χ2v) is 8.56. The molecule has 1 amide bonds. The van der Waals surface area contributed by atoms with E-state index in [9.17, 15) is 19.8 Å². The molecule has 16 heteroatoms. The van der Waals surface area contributed by atoms with Gasteiger partial charge in [0.2, 0.25) is 23.3 Å². The zero-order valence-electron chi connectivity index (χ0n) is 21.6. The van der Waals surface area contributed by atoms with Crippen molar-refractivity contribution in [3.8, 4) is 40.5 Å². The third-order valence-corrected chi connectivity index (χ3v) is 5.44. The number of pyridine rings is 1. The lowest BCUT2D eigenvalue weighted by atomic mass is 10.1. The van der Waals surface area contributed by atoms with Gasteiger partial charge in [-0.05, 0) is 48.5 Å². The number of carboxylic acid groups (broad SMARTS) is 1. The Kier molecular flexibility index (Phi) is 8.22. The lowest BCUT2D eigenvalue weighted by molar-refractivity contribution is 0.0696. The van der Waals surface area contributed by atoms with Gasteiger partial charge in [-0.2, -0.15) is 13.8 Å². The number of nitrogens with two attached hydrogens (primary N) is 3. The number of carbonyl (C=O) groups is 2. The van der Waals surface area contributed by atoms with Gasteiger partial charge in [0.15, 0.2) is 17.5 Å². The fraction of sp³-hybridized carbons (Fsp3) is 0. The fourth-order valence-electron chi connectivity index (χ4n) is 3.52. The molecule has 0 atom stereocenters. The minimum atomic E-state index is -1.56. The van der Waals surface area contributed by atoms with Crippen molar-refractivity contribution in [1.82, 2.24) is 4.98 Å². The Bertz CT molecular complexity index is 1770. The van der Waals surface area contributed by atoms with Gasteiger partial charge in [-0.1, -0.05) is 6.07 Å². The predicted molar refractivity (Wildman–Crippen MR) is 147 cm³/mol. The van der Waals surface area contributed by atoms with Crippen LogP contribution < -0.4 is 36.7 Å². The predicted octanol–water partition coefficient (Wildman–Crippen LogP) is 3.83. The number of anilines is 1. The number of ether oxygens (including phenoxy) is 3. The molecule has 3 aromatic carbocycles. The molecular formula is C27H21F2N7O7. The average molecular weight is 594 g/mol. The van der Waals surface area contributed by atoms with Gasteiger partial charge in [0.25, 0.3) is 11.8 Å². The molecule has 0 aliphatic heterocycles. The third-order valence-electron chi connectivity index (χ3n) is 5.44. The Hall–Kier alpha value is -6.45. The standard InChI is InChI=1S/C27H21F2N7O7/c28-19-21(41-16-7-12(23(32)38)6-13(8-16)26(39)40)20(29)25(43-18-9-11(22(30)31)4-5-17(18)37)36-24(19)42-15-3-1-2-14(10-15)35-27(33)34/h1-10,37H,(H3,30,31)(H2,32,38)(H,39,40)(H4,33,34,35). The van der Waals surface area contributed by atoms with E-state index < -0.39 is 75.6 Å². The largest absolute Gasteiger partial charge is 0.504 e. The van der Waals surface area contributed by atoms with E-state index in [0.717, 1.165) is 30.3 Å². The summed E-state index contributed by atoms with van der Waals surface area (Å²) in [7, 11) is 0. The number of aromatic hydroxyl groups is 1. The van der Waals surface area contributed by atoms with E-state index in [1.165, 1.54) is 30.3 Å². The van der Waals surface area contributed by atoms with Crippen LogP contribution >= 0.6 is 0 Å². The number of carboxylic acids is 1. The summed E-state index contributed by atoms with van der Waals surface area (Å²) >= 11 is 0. The molecule has 0 radical (unpaired) electrons. The van der Waals surface area contributed by atoms with Crippen molar-refractivity contribution in [3.05, 3.63) is 89.0 Å². The Labute approximate surface area is 240 Å². The van der Waals surface area contributed by atoms with Crippen LogP contribution in [-0.2, 0) is 0 Å². The molecule has 0 saturated heterocycles. The van der Waals surface area contributed by atoms with Crippen molar-refractivity contribution in [2.45, 2.75) is 0 Å². The number of guanidine groups is 1. The lowest BCUT2D eigenvalue weighted by Crippen LogP contribution is -2.20. The van der Waals surface area contributed by atoms with Crippen molar-refractivity contribution >= 4 is 29.4 Å². The van der Waals surface area contributed by atoms with E-state index in [2.05, 4.69) is 10.3 Å². The number of nitrogen functional groups attached to an aromatic ring is 1. The quantitative estimate of drug-likeness (QED) is 0.0968. The van der Waals surface area contributed by atoms with E-state index in [0.29, 0.717) is 0 Å². The number of phenolic OH excluding ortho intramolecular Hbond substituents is 1. The average Bonchev–Trinajstić information content (AvgIpc) is 2.94. The zero-order chi connectivity index (χ0) is 31.4. The number of phenols is 1. The number of hydrogen-bond donors (Lipinski definition) is 8. The molecule has 0 aliphatic rings. The van der Waals surface area contributed by atoms with Gasteiger partial charge in [-0.15, -0.1) is 0 Å². The summed E-state index contributed by atoms with van der Waals surface area (Å²) in [4.78, 5) is 27.0. The van der Waals surface area contributed by atoms with E-state index in [-0.39, 0.29) is 22.6 Å². The summed E-state index contributed by atoms with van der Waals surface area (Å²) in [5.41, 5.74) is 15.6. The number of primary amides is 1. The summed E-state index contributed by atoms with van der Waals surface area (Å²) in [6.07, 6.45) is 0.